The fourth-order valence-corrected chi connectivity index (χ4v) is 1.50. The van der Waals surface area contributed by atoms with Gasteiger partial charge in [-0.15, -0.1) is 0 Å². The third kappa shape index (κ3) is 3.09. The Hall–Kier alpha value is -0.780. The zero-order chi connectivity index (χ0) is 11.7. The van der Waals surface area contributed by atoms with Crippen LogP contribution in [0.3, 0.4) is 0 Å². The van der Waals surface area contributed by atoms with E-state index in [2.05, 4.69) is 0 Å². The van der Waals surface area contributed by atoms with Gasteiger partial charge in [0.1, 0.15) is 0 Å². The standard InChI is InChI=1S/C9H7F5S/c1-6-2-4-7(5-3-6)15-9(13,14)8(10,11)12/h2-5H,1H3. The summed E-state index contributed by atoms with van der Waals surface area (Å²) in [7, 11) is 0. The third-order valence-corrected chi connectivity index (χ3v) is 2.59. The molecule has 1 aromatic carbocycles. The van der Waals surface area contributed by atoms with Gasteiger partial charge in [-0.3, -0.25) is 0 Å². The lowest BCUT2D eigenvalue weighted by molar-refractivity contribution is -0.237. The maximum Gasteiger partial charge on any atom is 0.464 e. The Labute approximate surface area is 87.5 Å². The molecule has 0 radical (unpaired) electrons. The van der Waals surface area contributed by atoms with Crippen LogP contribution in [-0.2, 0) is 0 Å². The van der Waals surface area contributed by atoms with Crippen molar-refractivity contribution in [3.05, 3.63) is 29.8 Å². The van der Waals surface area contributed by atoms with Gasteiger partial charge in [0.15, 0.2) is 0 Å². The van der Waals surface area contributed by atoms with Crippen molar-refractivity contribution in [2.75, 3.05) is 0 Å². The first-order valence-electron chi connectivity index (χ1n) is 3.92. The molecule has 84 valence electrons. The maximum atomic E-state index is 12.6. The van der Waals surface area contributed by atoms with Gasteiger partial charge < -0.3 is 0 Å². The smallest absolute Gasteiger partial charge is 0.183 e. The highest BCUT2D eigenvalue weighted by atomic mass is 32.2. The fourth-order valence-electron chi connectivity index (χ4n) is 0.812. The minimum Gasteiger partial charge on any atom is -0.183 e. The van der Waals surface area contributed by atoms with Crippen LogP contribution in [-0.4, -0.2) is 11.4 Å². The third-order valence-electron chi connectivity index (χ3n) is 1.60. The molecular formula is C9H7F5S. The van der Waals surface area contributed by atoms with Crippen molar-refractivity contribution in [3.8, 4) is 0 Å². The summed E-state index contributed by atoms with van der Waals surface area (Å²) in [6, 6.07) is 5.43. The molecule has 0 spiro atoms. The zero-order valence-corrected chi connectivity index (χ0v) is 8.42. The topological polar surface area (TPSA) is 0 Å². The molecule has 0 saturated carbocycles. The number of thioether (sulfide) groups is 1. The number of alkyl halides is 5. The maximum absolute atomic E-state index is 12.6. The van der Waals surface area contributed by atoms with Crippen LogP contribution in [0.4, 0.5) is 22.0 Å². The number of hydrogen-bond donors (Lipinski definition) is 0. The number of halogens is 5. The minimum absolute atomic E-state index is 0.108. The molecule has 1 aromatic rings. The summed E-state index contributed by atoms with van der Waals surface area (Å²) in [6.45, 7) is 1.72. The highest BCUT2D eigenvalue weighted by Gasteiger charge is 2.58. The van der Waals surface area contributed by atoms with E-state index in [1.807, 2.05) is 0 Å². The quantitative estimate of drug-likeness (QED) is 0.552. The second-order valence-electron chi connectivity index (χ2n) is 2.93. The van der Waals surface area contributed by atoms with Gasteiger partial charge >= 0.3 is 11.4 Å². The molecule has 0 atom stereocenters. The normalized spacial score (nSPS) is 12.9. The van der Waals surface area contributed by atoms with E-state index in [4.69, 9.17) is 0 Å². The van der Waals surface area contributed by atoms with Gasteiger partial charge in [0.05, 0.1) is 0 Å². The predicted octanol–water partition coefficient (Wildman–Crippen LogP) is 4.24. The molecule has 0 amide bonds. The molecule has 15 heavy (non-hydrogen) atoms. The van der Waals surface area contributed by atoms with Crippen molar-refractivity contribution < 1.29 is 22.0 Å². The van der Waals surface area contributed by atoms with Crippen molar-refractivity contribution >= 4 is 11.8 Å². The average Bonchev–Trinajstić information content (AvgIpc) is 2.06. The molecule has 0 aliphatic carbocycles. The van der Waals surface area contributed by atoms with E-state index in [0.29, 0.717) is 0 Å². The van der Waals surface area contributed by atoms with Gasteiger partial charge in [-0.1, -0.05) is 17.7 Å². The average molecular weight is 242 g/mol. The largest absolute Gasteiger partial charge is 0.464 e. The number of hydrogen-bond acceptors (Lipinski definition) is 1. The Morgan fingerprint density at radius 1 is 0.933 bits per heavy atom. The molecule has 0 nitrogen and oxygen atoms in total. The van der Waals surface area contributed by atoms with Crippen LogP contribution in [0.25, 0.3) is 0 Å². The summed E-state index contributed by atoms with van der Waals surface area (Å²) >= 11 is -0.497. The van der Waals surface area contributed by atoms with Crippen LogP contribution in [0.5, 0.6) is 0 Å². The summed E-state index contributed by atoms with van der Waals surface area (Å²) in [5.41, 5.74) is 0.801. The first-order valence-corrected chi connectivity index (χ1v) is 4.74. The van der Waals surface area contributed by atoms with E-state index in [1.165, 1.54) is 24.3 Å². The monoisotopic (exact) mass is 242 g/mol. The number of aryl methyl sites for hydroxylation is 1. The van der Waals surface area contributed by atoms with E-state index >= 15 is 0 Å². The molecule has 0 unspecified atom stereocenters. The summed E-state index contributed by atoms with van der Waals surface area (Å²) in [5.74, 6) is 0. The van der Waals surface area contributed by atoms with Crippen LogP contribution in [0, 0.1) is 6.92 Å². The van der Waals surface area contributed by atoms with Crippen molar-refractivity contribution in [2.24, 2.45) is 0 Å². The van der Waals surface area contributed by atoms with Gasteiger partial charge in [-0.25, -0.2) is 0 Å². The Morgan fingerprint density at radius 2 is 1.40 bits per heavy atom. The Kier molecular flexibility index (Phi) is 3.28. The van der Waals surface area contributed by atoms with E-state index < -0.39 is 23.2 Å². The predicted molar refractivity (Wildman–Crippen MR) is 48.0 cm³/mol. The fraction of sp³-hybridized carbons (Fsp3) is 0.333. The van der Waals surface area contributed by atoms with Gasteiger partial charge in [0, 0.05) is 4.90 Å². The number of rotatable bonds is 2. The van der Waals surface area contributed by atoms with E-state index in [9.17, 15) is 22.0 Å². The summed E-state index contributed by atoms with van der Waals surface area (Å²) in [5, 5.41) is -4.75. The molecule has 0 aliphatic rings. The molecule has 0 aliphatic heterocycles. The first kappa shape index (κ1) is 12.3. The van der Waals surface area contributed by atoms with Crippen LogP contribution in [0.15, 0.2) is 29.2 Å². The highest BCUT2D eigenvalue weighted by molar-refractivity contribution is 8.00. The first-order chi connectivity index (χ1) is 6.72. The van der Waals surface area contributed by atoms with E-state index in [-0.39, 0.29) is 4.90 Å². The molecule has 0 aromatic heterocycles. The zero-order valence-electron chi connectivity index (χ0n) is 7.61. The summed E-state index contributed by atoms with van der Waals surface area (Å²) < 4.78 is 60.6. The Balaban J connectivity index is 2.82. The van der Waals surface area contributed by atoms with Gasteiger partial charge in [0.25, 0.3) is 0 Å². The lowest BCUT2D eigenvalue weighted by Gasteiger charge is -2.18. The van der Waals surface area contributed by atoms with E-state index in [1.54, 1.807) is 6.92 Å². The van der Waals surface area contributed by atoms with Crippen molar-refractivity contribution in [2.45, 2.75) is 23.3 Å². The molecule has 0 saturated heterocycles. The molecule has 6 heteroatoms. The van der Waals surface area contributed by atoms with Gasteiger partial charge in [-0.2, -0.15) is 22.0 Å². The molecule has 0 N–H and O–H groups in total. The van der Waals surface area contributed by atoms with Crippen LogP contribution < -0.4 is 0 Å². The summed E-state index contributed by atoms with van der Waals surface area (Å²) in [4.78, 5) is -0.108. The molecule has 1 rings (SSSR count). The molecule has 0 bridgehead atoms. The summed E-state index contributed by atoms with van der Waals surface area (Å²) in [6.07, 6.45) is -5.53. The molecule has 0 fully saturated rings. The molecule has 0 heterocycles. The second-order valence-corrected chi connectivity index (χ2v) is 4.12. The lowest BCUT2D eigenvalue weighted by Crippen LogP contribution is -2.32. The Morgan fingerprint density at radius 3 is 1.80 bits per heavy atom. The van der Waals surface area contributed by atoms with Crippen LogP contribution in [0.2, 0.25) is 0 Å². The minimum atomic E-state index is -5.53. The van der Waals surface area contributed by atoms with Crippen molar-refractivity contribution in [1.82, 2.24) is 0 Å². The van der Waals surface area contributed by atoms with E-state index in [0.717, 1.165) is 5.56 Å². The Bertz CT molecular complexity index is 327. The van der Waals surface area contributed by atoms with Crippen LogP contribution in [0.1, 0.15) is 5.56 Å². The van der Waals surface area contributed by atoms with Gasteiger partial charge in [-0.05, 0) is 30.8 Å². The highest BCUT2D eigenvalue weighted by Crippen LogP contribution is 2.47. The van der Waals surface area contributed by atoms with Gasteiger partial charge in [0.2, 0.25) is 0 Å². The SMILES string of the molecule is Cc1ccc(SC(F)(F)C(F)(F)F)cc1. The van der Waals surface area contributed by atoms with Crippen LogP contribution >= 0.6 is 11.8 Å². The second kappa shape index (κ2) is 4.00. The lowest BCUT2D eigenvalue weighted by atomic mass is 10.2. The number of benzene rings is 1. The van der Waals surface area contributed by atoms with Crippen molar-refractivity contribution in [3.63, 3.8) is 0 Å². The molecular weight excluding hydrogens is 235 g/mol. The van der Waals surface area contributed by atoms with Crippen molar-refractivity contribution in [1.29, 1.82) is 0 Å².